The Hall–Kier alpha value is -2.35. The first kappa shape index (κ1) is 20.0. The lowest BCUT2D eigenvalue weighted by Crippen LogP contribution is -2.25. The molecule has 1 heterocycles. The fraction of sp³-hybridized carbons (Fsp3) is 0.444. The second-order valence-corrected chi connectivity index (χ2v) is 6.16. The van der Waals surface area contributed by atoms with Gasteiger partial charge in [0.25, 0.3) is 0 Å². The first-order valence-electron chi connectivity index (χ1n) is 8.37. The van der Waals surface area contributed by atoms with E-state index in [2.05, 4.69) is 15.7 Å². The zero-order valence-corrected chi connectivity index (χ0v) is 15.1. The van der Waals surface area contributed by atoms with Crippen LogP contribution in [0.4, 0.5) is 13.2 Å². The van der Waals surface area contributed by atoms with E-state index < -0.39 is 11.7 Å². The summed E-state index contributed by atoms with van der Waals surface area (Å²) in [6, 6.07) is 5.84. The maximum absolute atomic E-state index is 13.5. The van der Waals surface area contributed by atoms with E-state index in [0.717, 1.165) is 17.5 Å². The third kappa shape index (κ3) is 5.08. The molecule has 2 rings (SSSR count). The van der Waals surface area contributed by atoms with Crippen LogP contribution in [0.3, 0.4) is 0 Å². The molecule has 0 saturated carbocycles. The Balaban J connectivity index is 2.21. The molecule has 2 N–H and O–H groups in total. The quantitative estimate of drug-likeness (QED) is 0.739. The molecular formula is C18H23F3N4O. The molecule has 0 atom stereocenters. The molecule has 5 nitrogen and oxygen atoms in total. The van der Waals surface area contributed by atoms with E-state index in [0.29, 0.717) is 18.7 Å². The smallest absolute Gasteiger partial charge is 0.352 e. The van der Waals surface area contributed by atoms with Crippen LogP contribution in [0.5, 0.6) is 0 Å². The van der Waals surface area contributed by atoms with Crippen molar-refractivity contribution in [3.05, 3.63) is 46.8 Å². The van der Waals surface area contributed by atoms with Crippen molar-refractivity contribution in [3.63, 3.8) is 0 Å². The number of carbonyl (C=O) groups excluding carboxylic acids is 1. The summed E-state index contributed by atoms with van der Waals surface area (Å²) in [7, 11) is 1.78. The van der Waals surface area contributed by atoms with Gasteiger partial charge in [0.1, 0.15) is 0 Å². The Morgan fingerprint density at radius 3 is 2.54 bits per heavy atom. The Labute approximate surface area is 150 Å². The van der Waals surface area contributed by atoms with E-state index in [1.807, 2.05) is 0 Å². The van der Waals surface area contributed by atoms with E-state index in [1.165, 1.54) is 10.7 Å². The summed E-state index contributed by atoms with van der Waals surface area (Å²) in [6.07, 6.45) is -3.62. The predicted molar refractivity (Wildman–Crippen MR) is 93.0 cm³/mol. The number of rotatable bonds is 7. The summed E-state index contributed by atoms with van der Waals surface area (Å²) in [5.74, 6) is -0.268. The molecule has 8 heteroatoms. The molecule has 0 fully saturated rings. The second kappa shape index (κ2) is 8.35. The maximum atomic E-state index is 13.5. The maximum Gasteiger partial charge on any atom is 0.416 e. The summed E-state index contributed by atoms with van der Waals surface area (Å²) >= 11 is 0. The fourth-order valence-corrected chi connectivity index (χ4v) is 2.71. The number of halogens is 3. The molecular weight excluding hydrogens is 345 g/mol. The Bertz CT molecular complexity index is 768. The second-order valence-electron chi connectivity index (χ2n) is 6.16. The van der Waals surface area contributed by atoms with Gasteiger partial charge in [-0.05, 0) is 57.6 Å². The van der Waals surface area contributed by atoms with Crippen LogP contribution in [0.1, 0.15) is 35.4 Å². The minimum atomic E-state index is -4.52. The average Bonchev–Trinajstić information content (AvgIpc) is 2.90. The number of amides is 1. The molecule has 0 saturated heterocycles. The lowest BCUT2D eigenvalue weighted by atomic mass is 10.1. The third-order valence-corrected chi connectivity index (χ3v) is 3.96. The lowest BCUT2D eigenvalue weighted by Gasteiger charge is -2.16. The van der Waals surface area contributed by atoms with E-state index >= 15 is 0 Å². The van der Waals surface area contributed by atoms with Gasteiger partial charge in [0.15, 0.2) is 0 Å². The molecule has 1 aromatic heterocycles. The van der Waals surface area contributed by atoms with Gasteiger partial charge < -0.3 is 10.6 Å². The van der Waals surface area contributed by atoms with Gasteiger partial charge >= 0.3 is 6.18 Å². The van der Waals surface area contributed by atoms with Crippen LogP contribution in [0.2, 0.25) is 0 Å². The van der Waals surface area contributed by atoms with Crippen LogP contribution < -0.4 is 10.6 Å². The molecule has 0 unspecified atom stereocenters. The first-order valence-corrected chi connectivity index (χ1v) is 8.37. The van der Waals surface area contributed by atoms with Gasteiger partial charge in [-0.15, -0.1) is 0 Å². The monoisotopic (exact) mass is 368 g/mol. The van der Waals surface area contributed by atoms with Crippen molar-refractivity contribution in [2.45, 2.75) is 39.4 Å². The number of alkyl halides is 3. The summed E-state index contributed by atoms with van der Waals surface area (Å²) in [5.41, 5.74) is 1.09. The van der Waals surface area contributed by atoms with Crippen molar-refractivity contribution in [1.29, 1.82) is 0 Å². The highest BCUT2D eigenvalue weighted by Gasteiger charge is 2.33. The first-order chi connectivity index (χ1) is 12.2. The van der Waals surface area contributed by atoms with Gasteiger partial charge in [0.05, 0.1) is 16.9 Å². The number of aryl methyl sites for hydroxylation is 2. The zero-order valence-electron chi connectivity index (χ0n) is 15.1. The van der Waals surface area contributed by atoms with E-state index in [4.69, 9.17) is 0 Å². The van der Waals surface area contributed by atoms with Crippen LogP contribution in [-0.2, 0) is 17.5 Å². The number of nitrogens with one attached hydrogen (secondary N) is 2. The summed E-state index contributed by atoms with van der Waals surface area (Å²) in [6.45, 7) is 4.09. The number of nitrogens with zero attached hydrogens (tertiary/aromatic N) is 2. The summed E-state index contributed by atoms with van der Waals surface area (Å²) in [4.78, 5) is 11.8. The normalized spacial score (nSPS) is 11.6. The van der Waals surface area contributed by atoms with Crippen molar-refractivity contribution in [2.75, 3.05) is 13.6 Å². The van der Waals surface area contributed by atoms with Crippen LogP contribution in [0, 0.1) is 13.8 Å². The van der Waals surface area contributed by atoms with Crippen LogP contribution >= 0.6 is 0 Å². The van der Waals surface area contributed by atoms with Crippen LogP contribution in [0.15, 0.2) is 24.3 Å². The van der Waals surface area contributed by atoms with Crippen molar-refractivity contribution in [2.24, 2.45) is 0 Å². The molecule has 1 amide bonds. The van der Waals surface area contributed by atoms with Gasteiger partial charge in [-0.2, -0.15) is 18.3 Å². The van der Waals surface area contributed by atoms with Gasteiger partial charge in [-0.3, -0.25) is 4.79 Å². The molecule has 0 aliphatic carbocycles. The Morgan fingerprint density at radius 1 is 1.23 bits per heavy atom. The Kier molecular flexibility index (Phi) is 6.42. The standard InChI is InChI=1S/C18H23F3N4O/c1-12-9-13(2)25(24-12)15-7-6-14(16(10-15)18(19,20)21)11-23-17(26)5-4-8-22-3/h6-7,9-10,22H,4-5,8,11H2,1-3H3,(H,23,26). The zero-order chi connectivity index (χ0) is 19.3. The Morgan fingerprint density at radius 2 is 1.96 bits per heavy atom. The lowest BCUT2D eigenvalue weighted by molar-refractivity contribution is -0.138. The molecule has 142 valence electrons. The van der Waals surface area contributed by atoms with Gasteiger partial charge in [-0.25, -0.2) is 4.68 Å². The number of benzene rings is 1. The van der Waals surface area contributed by atoms with Crippen molar-refractivity contribution >= 4 is 5.91 Å². The molecule has 1 aromatic carbocycles. The minimum Gasteiger partial charge on any atom is -0.352 e. The van der Waals surface area contributed by atoms with Crippen LogP contribution in [0.25, 0.3) is 5.69 Å². The molecule has 26 heavy (non-hydrogen) atoms. The fourth-order valence-electron chi connectivity index (χ4n) is 2.71. The van der Waals surface area contributed by atoms with E-state index in [1.54, 1.807) is 33.0 Å². The van der Waals surface area contributed by atoms with Crippen molar-refractivity contribution in [1.82, 2.24) is 20.4 Å². The number of hydrogen-bond acceptors (Lipinski definition) is 3. The number of hydrogen-bond donors (Lipinski definition) is 2. The van der Waals surface area contributed by atoms with Gasteiger partial charge in [0.2, 0.25) is 5.91 Å². The molecule has 0 bridgehead atoms. The molecule has 0 aliphatic rings. The molecule has 0 spiro atoms. The van der Waals surface area contributed by atoms with Gasteiger partial charge in [0, 0.05) is 18.7 Å². The average molecular weight is 368 g/mol. The number of carbonyl (C=O) groups is 1. The topological polar surface area (TPSA) is 59.0 Å². The van der Waals surface area contributed by atoms with Crippen LogP contribution in [-0.4, -0.2) is 29.3 Å². The SMILES string of the molecule is CNCCCC(=O)NCc1ccc(-n2nc(C)cc2C)cc1C(F)(F)F. The minimum absolute atomic E-state index is 0.0322. The van der Waals surface area contributed by atoms with Gasteiger partial charge in [-0.1, -0.05) is 6.07 Å². The van der Waals surface area contributed by atoms with E-state index in [-0.39, 0.29) is 24.4 Å². The largest absolute Gasteiger partial charge is 0.416 e. The number of aromatic nitrogens is 2. The highest BCUT2D eigenvalue weighted by atomic mass is 19.4. The van der Waals surface area contributed by atoms with Crippen molar-refractivity contribution in [3.8, 4) is 5.69 Å². The predicted octanol–water partition coefficient (Wildman–Crippen LogP) is 3.12. The molecule has 0 radical (unpaired) electrons. The molecule has 0 aliphatic heterocycles. The highest BCUT2D eigenvalue weighted by Crippen LogP contribution is 2.33. The summed E-state index contributed by atoms with van der Waals surface area (Å²) < 4.78 is 41.9. The molecule has 2 aromatic rings. The third-order valence-electron chi connectivity index (χ3n) is 3.96. The summed E-state index contributed by atoms with van der Waals surface area (Å²) in [5, 5.41) is 9.70. The highest BCUT2D eigenvalue weighted by molar-refractivity contribution is 5.75. The van der Waals surface area contributed by atoms with E-state index in [9.17, 15) is 18.0 Å². The van der Waals surface area contributed by atoms with Crippen molar-refractivity contribution < 1.29 is 18.0 Å².